The van der Waals surface area contributed by atoms with E-state index in [1.54, 1.807) is 30.3 Å². The van der Waals surface area contributed by atoms with Gasteiger partial charge in [-0.15, -0.1) is 9.19 Å². The smallest absolute Gasteiger partial charge is 0.288 e. The number of halogens is 1. The van der Waals surface area contributed by atoms with Gasteiger partial charge in [-0.25, -0.2) is 0 Å². The molecule has 1 heterocycles. The molecular weight excluding hydrogens is 338 g/mol. The van der Waals surface area contributed by atoms with E-state index in [2.05, 4.69) is 10.3 Å². The fraction of sp³-hybridized carbons (Fsp3) is 0.200. The molecule has 23 heavy (non-hydrogen) atoms. The number of benzene rings is 2. The third kappa shape index (κ3) is 2.55. The standard InChI is InChI=1S/C15H14ClN3O3S/c1-9-6-14(22-3)15(7-10(9)2)23(20,21)19-13-5-4-11(16)8-12(13)17-18-19/h4-8H,1-3H3. The number of hydrogen-bond donors (Lipinski definition) is 0. The lowest BCUT2D eigenvalue weighted by Gasteiger charge is -2.12. The van der Waals surface area contributed by atoms with Crippen molar-refractivity contribution in [3.8, 4) is 5.75 Å². The van der Waals surface area contributed by atoms with Crippen LogP contribution in [0, 0.1) is 13.8 Å². The van der Waals surface area contributed by atoms with E-state index >= 15 is 0 Å². The molecule has 0 aliphatic carbocycles. The van der Waals surface area contributed by atoms with Gasteiger partial charge < -0.3 is 4.74 Å². The lowest BCUT2D eigenvalue weighted by molar-refractivity contribution is 0.401. The Hall–Kier alpha value is -2.12. The van der Waals surface area contributed by atoms with E-state index in [1.807, 2.05) is 13.8 Å². The Bertz CT molecular complexity index is 1010. The van der Waals surface area contributed by atoms with Crippen molar-refractivity contribution in [1.29, 1.82) is 0 Å². The first-order chi connectivity index (χ1) is 10.8. The van der Waals surface area contributed by atoms with E-state index < -0.39 is 10.0 Å². The molecule has 0 radical (unpaired) electrons. The van der Waals surface area contributed by atoms with Gasteiger partial charge in [0.25, 0.3) is 10.0 Å². The van der Waals surface area contributed by atoms with E-state index in [-0.39, 0.29) is 10.6 Å². The maximum atomic E-state index is 13.0. The second-order valence-electron chi connectivity index (χ2n) is 5.16. The summed E-state index contributed by atoms with van der Waals surface area (Å²) in [6, 6.07) is 8.00. The number of aromatic nitrogens is 3. The van der Waals surface area contributed by atoms with Crippen LogP contribution in [0.4, 0.5) is 0 Å². The summed E-state index contributed by atoms with van der Waals surface area (Å²) in [5.74, 6) is 0.269. The lowest BCUT2D eigenvalue weighted by atomic mass is 10.1. The average Bonchev–Trinajstić information content (AvgIpc) is 2.93. The van der Waals surface area contributed by atoms with Crippen LogP contribution in [0.25, 0.3) is 11.0 Å². The van der Waals surface area contributed by atoms with Gasteiger partial charge >= 0.3 is 0 Å². The van der Waals surface area contributed by atoms with Gasteiger partial charge in [-0.05, 0) is 55.3 Å². The van der Waals surface area contributed by atoms with Crippen LogP contribution < -0.4 is 4.74 Å². The second kappa shape index (κ2) is 5.50. The van der Waals surface area contributed by atoms with E-state index in [9.17, 15) is 8.42 Å². The summed E-state index contributed by atoms with van der Waals surface area (Å²) in [6.45, 7) is 3.73. The summed E-state index contributed by atoms with van der Waals surface area (Å²) in [5, 5.41) is 8.12. The maximum Gasteiger partial charge on any atom is 0.288 e. The highest BCUT2D eigenvalue weighted by Gasteiger charge is 2.26. The molecule has 8 heteroatoms. The van der Waals surface area contributed by atoms with E-state index in [4.69, 9.17) is 16.3 Å². The molecule has 0 saturated carbocycles. The minimum atomic E-state index is -3.94. The molecule has 0 fully saturated rings. The van der Waals surface area contributed by atoms with Gasteiger partial charge in [0.15, 0.2) is 0 Å². The summed E-state index contributed by atoms with van der Waals surface area (Å²) in [4.78, 5) is 0.0462. The molecule has 0 saturated heterocycles. The lowest BCUT2D eigenvalue weighted by Crippen LogP contribution is -2.16. The zero-order chi connectivity index (χ0) is 16.8. The van der Waals surface area contributed by atoms with E-state index in [1.165, 1.54) is 7.11 Å². The molecule has 120 valence electrons. The highest BCUT2D eigenvalue weighted by Crippen LogP contribution is 2.30. The molecule has 0 aliphatic rings. The summed E-state index contributed by atoms with van der Waals surface area (Å²) in [5.41, 5.74) is 2.55. The number of rotatable bonds is 3. The van der Waals surface area contributed by atoms with Crippen LogP contribution in [0.3, 0.4) is 0 Å². The van der Waals surface area contributed by atoms with E-state index in [0.29, 0.717) is 16.1 Å². The number of ether oxygens (including phenoxy) is 1. The molecule has 1 aromatic heterocycles. The molecule has 0 aliphatic heterocycles. The van der Waals surface area contributed by atoms with Crippen LogP contribution in [0.5, 0.6) is 5.75 Å². The number of aryl methyl sites for hydroxylation is 2. The van der Waals surface area contributed by atoms with Crippen molar-refractivity contribution < 1.29 is 13.2 Å². The van der Waals surface area contributed by atoms with Crippen molar-refractivity contribution >= 4 is 32.7 Å². The van der Waals surface area contributed by atoms with Crippen molar-refractivity contribution in [2.75, 3.05) is 7.11 Å². The van der Waals surface area contributed by atoms with Gasteiger partial charge in [-0.2, -0.15) is 8.42 Å². The monoisotopic (exact) mass is 351 g/mol. The second-order valence-corrected chi connectivity index (χ2v) is 7.33. The first-order valence-electron chi connectivity index (χ1n) is 6.76. The topological polar surface area (TPSA) is 74.1 Å². The zero-order valence-electron chi connectivity index (χ0n) is 12.7. The summed E-state index contributed by atoms with van der Waals surface area (Å²) >= 11 is 5.90. The Balaban J connectivity index is 2.28. The molecule has 6 nitrogen and oxygen atoms in total. The molecule has 0 N–H and O–H groups in total. The molecule has 2 aromatic carbocycles. The first kappa shape index (κ1) is 15.8. The average molecular weight is 352 g/mol. The highest BCUT2D eigenvalue weighted by atomic mass is 35.5. The van der Waals surface area contributed by atoms with Crippen LogP contribution in [0.15, 0.2) is 35.2 Å². The predicted octanol–water partition coefficient (Wildman–Crippen LogP) is 2.95. The normalized spacial score (nSPS) is 11.8. The SMILES string of the molecule is COc1cc(C)c(C)cc1S(=O)(=O)n1nnc2cc(Cl)ccc21. The zero-order valence-corrected chi connectivity index (χ0v) is 14.3. The van der Waals surface area contributed by atoms with Gasteiger partial charge in [0, 0.05) is 5.02 Å². The van der Waals surface area contributed by atoms with Crippen LogP contribution in [0.1, 0.15) is 11.1 Å². The molecule has 0 spiro atoms. The quantitative estimate of drug-likeness (QED) is 0.725. The molecular formula is C15H14ClN3O3S. The van der Waals surface area contributed by atoms with Crippen LogP contribution in [-0.4, -0.2) is 29.9 Å². The first-order valence-corrected chi connectivity index (χ1v) is 8.58. The van der Waals surface area contributed by atoms with Gasteiger partial charge in [-0.1, -0.05) is 16.8 Å². The van der Waals surface area contributed by atoms with Crippen LogP contribution in [0.2, 0.25) is 5.02 Å². The largest absolute Gasteiger partial charge is 0.495 e. The van der Waals surface area contributed by atoms with Gasteiger partial charge in [-0.3, -0.25) is 0 Å². The molecule has 3 aromatic rings. The molecule has 0 unspecified atom stereocenters. The van der Waals surface area contributed by atoms with Gasteiger partial charge in [0.05, 0.1) is 7.11 Å². The van der Waals surface area contributed by atoms with Crippen LogP contribution >= 0.6 is 11.6 Å². The van der Waals surface area contributed by atoms with E-state index in [0.717, 1.165) is 15.2 Å². The highest BCUT2D eigenvalue weighted by molar-refractivity contribution is 7.90. The number of hydrogen-bond acceptors (Lipinski definition) is 5. The summed E-state index contributed by atoms with van der Waals surface area (Å²) in [6.07, 6.45) is 0. The Labute approximate surface area is 138 Å². The Morgan fingerprint density at radius 2 is 1.83 bits per heavy atom. The number of methoxy groups -OCH3 is 1. The van der Waals surface area contributed by atoms with Crippen LogP contribution in [-0.2, 0) is 10.0 Å². The predicted molar refractivity (Wildman–Crippen MR) is 87.6 cm³/mol. The van der Waals surface area contributed by atoms with Gasteiger partial charge in [0.2, 0.25) is 0 Å². The third-order valence-corrected chi connectivity index (χ3v) is 5.50. The fourth-order valence-corrected chi connectivity index (χ4v) is 3.89. The Kier molecular flexibility index (Phi) is 3.77. The maximum absolute atomic E-state index is 13.0. The number of fused-ring (bicyclic) bond motifs is 1. The van der Waals surface area contributed by atoms with Crippen molar-refractivity contribution in [3.63, 3.8) is 0 Å². The van der Waals surface area contributed by atoms with Crippen molar-refractivity contribution in [3.05, 3.63) is 46.5 Å². The summed E-state index contributed by atoms with van der Waals surface area (Å²) < 4.78 is 32.1. The number of nitrogens with zero attached hydrogens (tertiary/aromatic N) is 3. The molecule has 0 amide bonds. The van der Waals surface area contributed by atoms with Gasteiger partial charge in [0.1, 0.15) is 21.7 Å². The minimum absolute atomic E-state index is 0.0462. The van der Waals surface area contributed by atoms with Crippen molar-refractivity contribution in [2.45, 2.75) is 18.7 Å². The Morgan fingerprint density at radius 3 is 2.52 bits per heavy atom. The molecule has 0 bridgehead atoms. The summed E-state index contributed by atoms with van der Waals surface area (Å²) in [7, 11) is -2.51. The van der Waals surface area contributed by atoms with Crippen molar-refractivity contribution in [2.24, 2.45) is 0 Å². The Morgan fingerprint density at radius 1 is 1.13 bits per heavy atom. The van der Waals surface area contributed by atoms with Crippen molar-refractivity contribution in [1.82, 2.24) is 14.4 Å². The third-order valence-electron chi connectivity index (χ3n) is 3.66. The minimum Gasteiger partial charge on any atom is -0.495 e. The fourth-order valence-electron chi connectivity index (χ4n) is 2.27. The molecule has 3 rings (SSSR count). The molecule has 0 atom stereocenters.